The number of nitrogens with two attached hydrogens (primary N) is 1. The Morgan fingerprint density at radius 3 is 1.38 bits per heavy atom. The lowest BCUT2D eigenvalue weighted by atomic mass is 10.1. The van der Waals surface area contributed by atoms with Crippen LogP contribution in [0.4, 0.5) is 0 Å². The molecule has 0 radical (unpaired) electrons. The Balaban J connectivity index is 4.49. The zero-order valence-electron chi connectivity index (χ0n) is 35.3. The van der Waals surface area contributed by atoms with Crippen LogP contribution in [-0.4, -0.2) is 59.9 Å². The van der Waals surface area contributed by atoms with Gasteiger partial charge in [-0.25, -0.2) is 4.57 Å². The van der Waals surface area contributed by atoms with Gasteiger partial charge in [0.1, 0.15) is 12.6 Å². The van der Waals surface area contributed by atoms with E-state index in [1.807, 2.05) is 0 Å². The van der Waals surface area contributed by atoms with Crippen molar-refractivity contribution in [2.75, 3.05) is 19.8 Å². The molecule has 4 N–H and O–H groups in total. The van der Waals surface area contributed by atoms with Gasteiger partial charge in [0, 0.05) is 12.8 Å². The summed E-state index contributed by atoms with van der Waals surface area (Å²) in [6.45, 7) is 2.50. The lowest BCUT2D eigenvalue weighted by Crippen LogP contribution is -2.34. The number of ether oxygens (including phenoxy) is 2. The molecule has 3 atom stereocenters. The molecule has 58 heavy (non-hydrogen) atoms. The largest absolute Gasteiger partial charge is 0.480 e. The zero-order valence-corrected chi connectivity index (χ0v) is 36.2. The number of hydrogen-bond donors (Lipinski definition) is 3. The summed E-state index contributed by atoms with van der Waals surface area (Å²) in [5.74, 6) is -2.46. The topological polar surface area (TPSA) is 172 Å². The van der Waals surface area contributed by atoms with Crippen LogP contribution in [0.2, 0.25) is 0 Å². The molecular weight excluding hydrogens is 757 g/mol. The van der Waals surface area contributed by atoms with Gasteiger partial charge in [-0.3, -0.25) is 23.4 Å². The number of carbonyl (C=O) groups is 3. The van der Waals surface area contributed by atoms with Gasteiger partial charge in [-0.05, 0) is 89.9 Å². The standard InChI is InChI=1S/C46H74NO10P/c1-3-5-7-9-11-13-15-17-19-20-21-22-24-26-28-30-32-34-36-38-45(49)57-42(40-55-58(52,53)56-41-43(47)46(50)51)39-54-44(48)37-35-33-31-29-27-25-23-18-16-14-12-10-8-6-4-2/h5-8,11-14,17-19,21-23,26,28,42-43H,3-4,9-10,15-16,20,24-25,27,29-41,47H2,1-2H3,(H,50,51)(H,52,53)/b7-5+,8-6+,13-11+,14-12+,19-17+,22-21+,23-18+,28-26+/t42-,43+/m1/s1. The molecule has 0 amide bonds. The van der Waals surface area contributed by atoms with Crippen molar-refractivity contribution in [3.05, 3.63) is 97.2 Å². The number of esters is 2. The Hall–Kier alpha value is -3.60. The summed E-state index contributed by atoms with van der Waals surface area (Å²) in [5, 5.41) is 8.89. The van der Waals surface area contributed by atoms with E-state index in [9.17, 15) is 23.8 Å². The fraction of sp³-hybridized carbons (Fsp3) is 0.587. The number of phosphoric acid groups is 1. The maximum absolute atomic E-state index is 12.6. The third-order valence-electron chi connectivity index (χ3n) is 8.33. The summed E-state index contributed by atoms with van der Waals surface area (Å²) in [4.78, 5) is 45.9. The van der Waals surface area contributed by atoms with Crippen LogP contribution in [0.15, 0.2) is 97.2 Å². The Morgan fingerprint density at radius 2 is 0.914 bits per heavy atom. The van der Waals surface area contributed by atoms with E-state index in [1.54, 1.807) is 0 Å². The Morgan fingerprint density at radius 1 is 0.534 bits per heavy atom. The molecule has 1 unspecified atom stereocenters. The fourth-order valence-corrected chi connectivity index (χ4v) is 5.82. The molecule has 0 aromatic heterocycles. The molecule has 0 aromatic rings. The summed E-state index contributed by atoms with van der Waals surface area (Å²) in [5.41, 5.74) is 5.33. The van der Waals surface area contributed by atoms with Crippen LogP contribution >= 0.6 is 7.82 Å². The SMILES string of the molecule is CC/C=C/C/C=C/C/C=C/C/C=C/C/C=C/CCCCCC(=O)O[C@H](COC(=O)CCCCCCC/C=C/C/C=C/C/C=C/CC)COP(=O)(O)OC[C@H](N)C(=O)O. The predicted molar refractivity (Wildman–Crippen MR) is 235 cm³/mol. The van der Waals surface area contributed by atoms with Crippen molar-refractivity contribution in [3.63, 3.8) is 0 Å². The van der Waals surface area contributed by atoms with Crippen LogP contribution in [0.3, 0.4) is 0 Å². The highest BCUT2D eigenvalue weighted by molar-refractivity contribution is 7.47. The van der Waals surface area contributed by atoms with Crippen molar-refractivity contribution in [2.24, 2.45) is 5.73 Å². The summed E-state index contributed by atoms with van der Waals surface area (Å²) in [7, 11) is -4.74. The van der Waals surface area contributed by atoms with Gasteiger partial charge in [-0.2, -0.15) is 0 Å². The van der Waals surface area contributed by atoms with E-state index >= 15 is 0 Å². The minimum Gasteiger partial charge on any atom is -0.480 e. The van der Waals surface area contributed by atoms with Crippen molar-refractivity contribution < 1.29 is 47.5 Å². The van der Waals surface area contributed by atoms with Gasteiger partial charge in [0.25, 0.3) is 0 Å². The molecule has 0 bridgehead atoms. The molecule has 328 valence electrons. The molecule has 11 nitrogen and oxygen atoms in total. The van der Waals surface area contributed by atoms with Gasteiger partial charge in [0.15, 0.2) is 6.10 Å². The first kappa shape index (κ1) is 54.4. The molecule has 12 heteroatoms. The minimum atomic E-state index is -4.74. The number of allylic oxidation sites excluding steroid dienone is 16. The van der Waals surface area contributed by atoms with E-state index in [-0.39, 0.29) is 19.4 Å². The molecular formula is C46H74NO10P. The number of phosphoric ester groups is 1. The lowest BCUT2D eigenvalue weighted by Gasteiger charge is -2.20. The van der Waals surface area contributed by atoms with Gasteiger partial charge in [-0.15, -0.1) is 0 Å². The molecule has 0 saturated carbocycles. The third kappa shape index (κ3) is 39.2. The van der Waals surface area contributed by atoms with Gasteiger partial charge in [-0.1, -0.05) is 137 Å². The van der Waals surface area contributed by atoms with Gasteiger partial charge in [0.2, 0.25) is 0 Å². The normalized spacial score (nSPS) is 14.7. The highest BCUT2D eigenvalue weighted by Gasteiger charge is 2.28. The zero-order chi connectivity index (χ0) is 42.8. The van der Waals surface area contributed by atoms with Crippen LogP contribution in [0.5, 0.6) is 0 Å². The van der Waals surface area contributed by atoms with Crippen LogP contribution in [0, 0.1) is 0 Å². The van der Waals surface area contributed by atoms with Crippen molar-refractivity contribution in [2.45, 2.75) is 154 Å². The first-order valence-electron chi connectivity index (χ1n) is 21.3. The highest BCUT2D eigenvalue weighted by Crippen LogP contribution is 2.43. The van der Waals surface area contributed by atoms with Crippen molar-refractivity contribution >= 4 is 25.7 Å². The van der Waals surface area contributed by atoms with Gasteiger partial charge >= 0.3 is 25.7 Å². The number of carbonyl (C=O) groups excluding carboxylic acids is 2. The van der Waals surface area contributed by atoms with Crippen LogP contribution < -0.4 is 5.73 Å². The van der Waals surface area contributed by atoms with Crippen molar-refractivity contribution in [1.82, 2.24) is 0 Å². The molecule has 0 fully saturated rings. The Bertz CT molecular complexity index is 1350. The van der Waals surface area contributed by atoms with E-state index in [4.69, 9.17) is 24.8 Å². The van der Waals surface area contributed by atoms with Gasteiger partial charge in [0.05, 0.1) is 13.2 Å². The maximum atomic E-state index is 12.6. The van der Waals surface area contributed by atoms with Crippen LogP contribution in [-0.2, 0) is 37.5 Å². The second-order valence-corrected chi connectivity index (χ2v) is 15.2. The number of carboxylic acid groups (broad SMARTS) is 1. The summed E-state index contributed by atoms with van der Waals surface area (Å²) >= 11 is 0. The van der Waals surface area contributed by atoms with Crippen LogP contribution in [0.25, 0.3) is 0 Å². The minimum absolute atomic E-state index is 0.112. The third-order valence-corrected chi connectivity index (χ3v) is 9.28. The van der Waals surface area contributed by atoms with E-state index in [1.165, 1.54) is 0 Å². The molecule has 0 aliphatic heterocycles. The Labute approximate surface area is 349 Å². The molecule has 0 saturated heterocycles. The van der Waals surface area contributed by atoms with Crippen molar-refractivity contribution in [1.29, 1.82) is 0 Å². The number of carboxylic acids is 1. The average molecular weight is 832 g/mol. The van der Waals surface area contributed by atoms with E-state index in [0.29, 0.717) is 12.8 Å². The maximum Gasteiger partial charge on any atom is 0.472 e. The predicted octanol–water partition coefficient (Wildman–Crippen LogP) is 11.3. The average Bonchev–Trinajstić information content (AvgIpc) is 3.20. The molecule has 0 aromatic carbocycles. The van der Waals surface area contributed by atoms with E-state index in [2.05, 4.69) is 116 Å². The van der Waals surface area contributed by atoms with E-state index < -0.39 is 51.1 Å². The number of aliphatic carboxylic acids is 1. The van der Waals surface area contributed by atoms with Gasteiger partial charge < -0.3 is 25.2 Å². The highest BCUT2D eigenvalue weighted by atomic mass is 31.2. The molecule has 0 aliphatic rings. The summed E-state index contributed by atoms with van der Waals surface area (Å²) in [6.07, 6.45) is 50.4. The number of unbranched alkanes of at least 4 members (excludes halogenated alkanes) is 8. The summed E-state index contributed by atoms with van der Waals surface area (Å²) in [6, 6.07) is -1.54. The first-order chi connectivity index (χ1) is 28.1. The molecule has 0 heterocycles. The summed E-state index contributed by atoms with van der Waals surface area (Å²) < 4.78 is 32.6. The van der Waals surface area contributed by atoms with Crippen molar-refractivity contribution in [3.8, 4) is 0 Å². The lowest BCUT2D eigenvalue weighted by molar-refractivity contribution is -0.161. The quantitative estimate of drug-likeness (QED) is 0.0234. The first-order valence-corrected chi connectivity index (χ1v) is 22.8. The number of rotatable bonds is 38. The molecule has 0 rings (SSSR count). The smallest absolute Gasteiger partial charge is 0.472 e. The van der Waals surface area contributed by atoms with E-state index in [0.717, 1.165) is 103 Å². The Kier molecular flexibility index (Phi) is 37.7. The van der Waals surface area contributed by atoms with Crippen LogP contribution in [0.1, 0.15) is 142 Å². The molecule has 0 spiro atoms. The fourth-order valence-electron chi connectivity index (χ4n) is 5.04. The molecule has 0 aliphatic carbocycles. The number of hydrogen-bond acceptors (Lipinski definition) is 9. The second-order valence-electron chi connectivity index (χ2n) is 13.7. The monoisotopic (exact) mass is 832 g/mol. The second kappa shape index (κ2) is 40.2.